The molecule has 8 heteroatoms. The average molecular weight is 491 g/mol. The zero-order chi connectivity index (χ0) is 24.2. The van der Waals surface area contributed by atoms with E-state index in [0.29, 0.717) is 31.2 Å². The molecule has 0 saturated heterocycles. The number of nitrogens with zero attached hydrogens (tertiary/aromatic N) is 2. The molecule has 0 unspecified atom stereocenters. The van der Waals surface area contributed by atoms with Gasteiger partial charge in [0.2, 0.25) is 0 Å². The second kappa shape index (κ2) is 13.8. The Kier molecular flexibility index (Phi) is 11.1. The number of carbonyl (C=O) groups is 2. The molecule has 0 aliphatic carbocycles. The molecule has 6 nitrogen and oxygen atoms in total. The maximum Gasteiger partial charge on any atom is 0.415 e. The molecule has 178 valence electrons. The van der Waals surface area contributed by atoms with E-state index in [1.54, 1.807) is 33.7 Å². The molecule has 0 radical (unpaired) electrons. The van der Waals surface area contributed by atoms with Gasteiger partial charge in [-0.3, -0.25) is 0 Å². The Labute approximate surface area is 205 Å². The van der Waals surface area contributed by atoms with E-state index in [1.165, 1.54) is 5.56 Å². The zero-order valence-electron chi connectivity index (χ0n) is 19.5. The van der Waals surface area contributed by atoms with Crippen LogP contribution in [0.5, 0.6) is 11.5 Å². The molecule has 33 heavy (non-hydrogen) atoms. The second-order valence-electron chi connectivity index (χ2n) is 7.03. The molecule has 2 rings (SSSR count). The van der Waals surface area contributed by atoms with Gasteiger partial charge in [0.1, 0.15) is 0 Å². The third-order valence-corrected chi connectivity index (χ3v) is 6.01. The lowest BCUT2D eigenvalue weighted by molar-refractivity contribution is 0.146. The van der Waals surface area contributed by atoms with Crippen molar-refractivity contribution in [3.8, 4) is 11.5 Å². The number of carbonyl (C=O) groups excluding carboxylic acids is 2. The number of rotatable bonds is 10. The van der Waals surface area contributed by atoms with Crippen molar-refractivity contribution in [2.24, 2.45) is 0 Å². The van der Waals surface area contributed by atoms with Crippen molar-refractivity contribution in [2.75, 3.05) is 26.2 Å². The predicted octanol–water partition coefficient (Wildman–Crippen LogP) is 6.93. The Morgan fingerprint density at radius 2 is 1.39 bits per heavy atom. The van der Waals surface area contributed by atoms with Crippen molar-refractivity contribution in [3.63, 3.8) is 0 Å². The monoisotopic (exact) mass is 490 g/mol. The van der Waals surface area contributed by atoms with E-state index in [9.17, 15) is 9.59 Å². The van der Waals surface area contributed by atoms with Gasteiger partial charge in [-0.15, -0.1) is 11.8 Å². The van der Waals surface area contributed by atoms with Crippen molar-refractivity contribution in [3.05, 3.63) is 64.0 Å². The second-order valence-corrected chi connectivity index (χ2v) is 8.36. The molecule has 0 atom stereocenters. The first-order valence-corrected chi connectivity index (χ1v) is 12.4. The minimum absolute atomic E-state index is 0.206. The summed E-state index contributed by atoms with van der Waals surface area (Å²) < 4.78 is 11.1. The van der Waals surface area contributed by atoms with Gasteiger partial charge in [-0.05, 0) is 74.6 Å². The molecular formula is C25H31ClN2O4S. The molecule has 0 saturated carbocycles. The summed E-state index contributed by atoms with van der Waals surface area (Å²) in [5.74, 6) is 1.22. The maximum atomic E-state index is 12.5. The number of thioether (sulfide) groups is 1. The van der Waals surface area contributed by atoms with Crippen molar-refractivity contribution in [1.29, 1.82) is 0 Å². The van der Waals surface area contributed by atoms with Crippen LogP contribution in [0.3, 0.4) is 0 Å². The van der Waals surface area contributed by atoms with Gasteiger partial charge >= 0.3 is 12.2 Å². The van der Waals surface area contributed by atoms with E-state index >= 15 is 0 Å². The summed E-state index contributed by atoms with van der Waals surface area (Å²) in [7, 11) is 0. The summed E-state index contributed by atoms with van der Waals surface area (Å²) in [5, 5.41) is 2.69. The van der Waals surface area contributed by atoms with Crippen molar-refractivity contribution < 1.29 is 19.1 Å². The fourth-order valence-electron chi connectivity index (χ4n) is 2.92. The number of halogens is 1. The molecule has 0 fully saturated rings. The molecular weight excluding hydrogens is 460 g/mol. The van der Waals surface area contributed by atoms with Gasteiger partial charge in [0, 0.05) is 37.0 Å². The first-order valence-electron chi connectivity index (χ1n) is 11.0. The molecule has 0 aromatic heterocycles. The van der Waals surface area contributed by atoms with Gasteiger partial charge in [0.25, 0.3) is 0 Å². The van der Waals surface area contributed by atoms with Gasteiger partial charge < -0.3 is 19.3 Å². The SMILES string of the molecule is CCN(CC)C(=O)Oc1ccc(/C=C/SCc2ccc(Cl)cc2)cc1OC(=O)N(CC)CC. The third kappa shape index (κ3) is 8.33. The summed E-state index contributed by atoms with van der Waals surface area (Å²) in [6, 6.07) is 12.9. The molecule has 0 aliphatic heterocycles. The Morgan fingerprint density at radius 1 is 0.848 bits per heavy atom. The lowest BCUT2D eigenvalue weighted by Crippen LogP contribution is -2.34. The Hall–Kier alpha value is -2.64. The quantitative estimate of drug-likeness (QED) is 0.361. The molecule has 0 bridgehead atoms. The van der Waals surface area contributed by atoms with Crippen LogP contribution in [0.2, 0.25) is 5.02 Å². The first kappa shape index (κ1) is 26.6. The van der Waals surface area contributed by atoms with Crippen LogP contribution in [0.1, 0.15) is 38.8 Å². The van der Waals surface area contributed by atoms with Crippen molar-refractivity contribution in [1.82, 2.24) is 9.80 Å². The summed E-state index contributed by atoms with van der Waals surface area (Å²) in [6.07, 6.45) is 0.950. The van der Waals surface area contributed by atoms with Crippen LogP contribution < -0.4 is 9.47 Å². The standard InChI is InChI=1S/C25H31ClN2O4S/c1-5-27(6-2)24(29)31-22-14-11-19(17-23(22)32-25(30)28(7-3)8-4)15-16-33-18-20-9-12-21(26)13-10-20/h9-17H,5-8,18H2,1-4H3/b16-15+. The first-order chi connectivity index (χ1) is 15.9. The molecule has 0 aliphatic rings. The summed E-state index contributed by atoms with van der Waals surface area (Å²) in [6.45, 7) is 9.59. The van der Waals surface area contributed by atoms with Gasteiger partial charge in [0.15, 0.2) is 11.5 Å². The van der Waals surface area contributed by atoms with Gasteiger partial charge in [-0.2, -0.15) is 0 Å². The minimum atomic E-state index is -0.488. The fourth-order valence-corrected chi connectivity index (χ4v) is 3.79. The fraction of sp³-hybridized carbons (Fsp3) is 0.360. The number of hydrogen-bond acceptors (Lipinski definition) is 5. The van der Waals surface area contributed by atoms with Crippen LogP contribution >= 0.6 is 23.4 Å². The number of hydrogen-bond donors (Lipinski definition) is 0. The van der Waals surface area contributed by atoms with Crippen LogP contribution in [0.25, 0.3) is 6.08 Å². The van der Waals surface area contributed by atoms with Crippen molar-refractivity contribution >= 4 is 41.6 Å². The minimum Gasteiger partial charge on any atom is -0.406 e. The topological polar surface area (TPSA) is 59.1 Å². The van der Waals surface area contributed by atoms with Crippen LogP contribution in [-0.4, -0.2) is 48.2 Å². The summed E-state index contributed by atoms with van der Waals surface area (Å²) in [4.78, 5) is 28.1. The Bertz CT molecular complexity index is 942. The third-order valence-electron chi connectivity index (χ3n) is 4.93. The number of ether oxygens (including phenoxy) is 2. The van der Waals surface area contributed by atoms with Gasteiger partial charge in [-0.25, -0.2) is 9.59 Å². The van der Waals surface area contributed by atoms with E-state index in [0.717, 1.165) is 11.3 Å². The molecule has 0 heterocycles. The molecule has 0 N–H and O–H groups in total. The van der Waals surface area contributed by atoms with E-state index in [4.69, 9.17) is 21.1 Å². The zero-order valence-corrected chi connectivity index (χ0v) is 21.1. The van der Waals surface area contributed by atoms with Gasteiger partial charge in [0.05, 0.1) is 0 Å². The highest BCUT2D eigenvalue weighted by Gasteiger charge is 2.19. The van der Waals surface area contributed by atoms with E-state index in [1.807, 2.05) is 69.5 Å². The lowest BCUT2D eigenvalue weighted by Gasteiger charge is -2.21. The maximum absolute atomic E-state index is 12.5. The molecule has 0 spiro atoms. The number of amides is 2. The van der Waals surface area contributed by atoms with E-state index in [2.05, 4.69) is 0 Å². The Balaban J connectivity index is 2.17. The van der Waals surface area contributed by atoms with E-state index < -0.39 is 12.2 Å². The highest BCUT2D eigenvalue weighted by Crippen LogP contribution is 2.31. The van der Waals surface area contributed by atoms with Crippen LogP contribution in [-0.2, 0) is 5.75 Å². The van der Waals surface area contributed by atoms with Gasteiger partial charge in [-0.1, -0.05) is 29.8 Å². The number of benzene rings is 2. The van der Waals surface area contributed by atoms with Crippen molar-refractivity contribution in [2.45, 2.75) is 33.4 Å². The summed E-state index contributed by atoms with van der Waals surface area (Å²) >= 11 is 7.56. The predicted molar refractivity (Wildman–Crippen MR) is 136 cm³/mol. The van der Waals surface area contributed by atoms with Crippen LogP contribution in [0, 0.1) is 0 Å². The van der Waals surface area contributed by atoms with Crippen LogP contribution in [0.4, 0.5) is 9.59 Å². The smallest absolute Gasteiger partial charge is 0.406 e. The molecule has 2 amide bonds. The normalized spacial score (nSPS) is 10.8. The largest absolute Gasteiger partial charge is 0.415 e. The highest BCUT2D eigenvalue weighted by molar-refractivity contribution is 8.01. The average Bonchev–Trinajstić information content (AvgIpc) is 2.81. The Morgan fingerprint density at radius 3 is 1.94 bits per heavy atom. The van der Waals surface area contributed by atoms with Crippen LogP contribution in [0.15, 0.2) is 47.9 Å². The summed E-state index contributed by atoms with van der Waals surface area (Å²) in [5.41, 5.74) is 1.99. The molecule has 2 aromatic rings. The molecule has 2 aromatic carbocycles. The van der Waals surface area contributed by atoms with E-state index in [-0.39, 0.29) is 11.5 Å². The highest BCUT2D eigenvalue weighted by atomic mass is 35.5. The lowest BCUT2D eigenvalue weighted by atomic mass is 10.2.